The molecule has 0 saturated carbocycles. The number of nitrogens with two attached hydrogens (primary N) is 1. The SMILES string of the molecule is Cc1nn(C)c(OC(C(F)(F)F)C(F)(F)F)c1C(N)=S. The molecular formula is C9H9F6N3OS. The molecule has 0 bridgehead atoms. The minimum absolute atomic E-state index is 0.0677. The molecule has 0 aliphatic rings. The standard InChI is InChI=1S/C9H9F6N3OS/c1-3-4(5(16)20)6(18(2)17-3)19-7(8(10,11)12)9(13,14)15/h7H,1-2H3,(H2,16,20). The third-order valence-electron chi connectivity index (χ3n) is 2.24. The monoisotopic (exact) mass is 321 g/mol. The Morgan fingerprint density at radius 3 is 2.05 bits per heavy atom. The van der Waals surface area contributed by atoms with Crippen LogP contribution in [0, 0.1) is 6.92 Å². The van der Waals surface area contributed by atoms with Gasteiger partial charge in [0.15, 0.2) is 0 Å². The van der Waals surface area contributed by atoms with Crippen LogP contribution >= 0.6 is 12.2 Å². The number of hydrogen-bond donors (Lipinski definition) is 1. The van der Waals surface area contributed by atoms with Crippen LogP contribution in [-0.2, 0) is 7.05 Å². The highest BCUT2D eigenvalue weighted by atomic mass is 32.1. The van der Waals surface area contributed by atoms with Crippen LogP contribution in [0.2, 0.25) is 0 Å². The van der Waals surface area contributed by atoms with E-state index in [2.05, 4.69) is 22.1 Å². The van der Waals surface area contributed by atoms with Crippen LogP contribution < -0.4 is 10.5 Å². The Kier molecular flexibility index (Phi) is 4.22. The minimum Gasteiger partial charge on any atom is -0.454 e. The van der Waals surface area contributed by atoms with E-state index in [-0.39, 0.29) is 11.3 Å². The third kappa shape index (κ3) is 3.32. The van der Waals surface area contributed by atoms with Gasteiger partial charge in [-0.05, 0) is 6.92 Å². The van der Waals surface area contributed by atoms with E-state index in [4.69, 9.17) is 5.73 Å². The molecule has 1 aromatic rings. The molecule has 2 N–H and O–H groups in total. The molecule has 114 valence electrons. The van der Waals surface area contributed by atoms with Gasteiger partial charge in [0, 0.05) is 7.05 Å². The first-order valence-corrected chi connectivity index (χ1v) is 5.40. The first kappa shape index (κ1) is 16.5. The van der Waals surface area contributed by atoms with Crippen molar-refractivity contribution in [3.05, 3.63) is 11.3 Å². The van der Waals surface area contributed by atoms with Gasteiger partial charge in [0.05, 0.1) is 11.3 Å². The summed E-state index contributed by atoms with van der Waals surface area (Å²) in [5.41, 5.74) is 5.06. The van der Waals surface area contributed by atoms with Gasteiger partial charge in [-0.25, -0.2) is 4.68 Å². The second-order valence-corrected chi connectivity index (χ2v) is 4.27. The Morgan fingerprint density at radius 1 is 1.25 bits per heavy atom. The normalized spacial score (nSPS) is 12.8. The van der Waals surface area contributed by atoms with Crippen molar-refractivity contribution in [2.24, 2.45) is 12.8 Å². The van der Waals surface area contributed by atoms with Crippen molar-refractivity contribution in [2.75, 3.05) is 0 Å². The number of halogens is 6. The van der Waals surface area contributed by atoms with Gasteiger partial charge in [0.2, 0.25) is 5.88 Å². The highest BCUT2D eigenvalue weighted by Crippen LogP contribution is 2.37. The van der Waals surface area contributed by atoms with E-state index in [0.29, 0.717) is 4.68 Å². The predicted octanol–water partition coefficient (Wildman–Crippen LogP) is 2.23. The number of alkyl halides is 6. The van der Waals surface area contributed by atoms with Crippen LogP contribution in [0.1, 0.15) is 11.3 Å². The summed E-state index contributed by atoms with van der Waals surface area (Å²) in [6, 6.07) is 0. The van der Waals surface area contributed by atoms with Crippen LogP contribution in [-0.4, -0.2) is 33.2 Å². The molecule has 0 atom stereocenters. The van der Waals surface area contributed by atoms with Crippen molar-refractivity contribution in [2.45, 2.75) is 25.4 Å². The van der Waals surface area contributed by atoms with Crippen molar-refractivity contribution in [3.8, 4) is 5.88 Å². The molecule has 0 radical (unpaired) electrons. The highest BCUT2D eigenvalue weighted by Gasteiger charge is 2.59. The average Bonchev–Trinajstić information content (AvgIpc) is 2.45. The summed E-state index contributed by atoms with van der Waals surface area (Å²) in [4.78, 5) is -0.409. The van der Waals surface area contributed by atoms with Gasteiger partial charge in [-0.15, -0.1) is 0 Å². The van der Waals surface area contributed by atoms with Crippen LogP contribution in [0.3, 0.4) is 0 Å². The fraction of sp³-hybridized carbons (Fsp3) is 0.556. The van der Waals surface area contributed by atoms with Crippen LogP contribution in [0.15, 0.2) is 0 Å². The summed E-state index contributed by atoms with van der Waals surface area (Å²) < 4.78 is 79.4. The molecular weight excluding hydrogens is 312 g/mol. The molecule has 0 aliphatic heterocycles. The largest absolute Gasteiger partial charge is 0.454 e. The van der Waals surface area contributed by atoms with Crippen molar-refractivity contribution in [1.82, 2.24) is 9.78 Å². The summed E-state index contributed by atoms with van der Waals surface area (Å²) in [6.07, 6.45) is -15.3. The van der Waals surface area contributed by atoms with E-state index in [9.17, 15) is 26.3 Å². The van der Waals surface area contributed by atoms with Crippen LogP contribution in [0.5, 0.6) is 5.88 Å². The molecule has 0 aromatic carbocycles. The Morgan fingerprint density at radius 2 is 1.70 bits per heavy atom. The first-order valence-electron chi connectivity index (χ1n) is 4.99. The number of rotatable bonds is 3. The molecule has 0 aliphatic carbocycles. The number of aromatic nitrogens is 2. The summed E-state index contributed by atoms with van der Waals surface area (Å²) in [5, 5.41) is 3.64. The molecule has 1 aromatic heterocycles. The Labute approximate surface area is 114 Å². The van der Waals surface area contributed by atoms with Gasteiger partial charge in [0.25, 0.3) is 6.10 Å². The molecule has 1 heterocycles. The maximum absolute atomic E-state index is 12.4. The molecule has 1 rings (SSSR count). The molecule has 20 heavy (non-hydrogen) atoms. The smallest absolute Gasteiger partial charge is 0.434 e. The maximum atomic E-state index is 12.4. The quantitative estimate of drug-likeness (QED) is 0.685. The zero-order valence-corrected chi connectivity index (χ0v) is 10.9. The van der Waals surface area contributed by atoms with Gasteiger partial charge in [-0.1, -0.05) is 12.2 Å². The second-order valence-electron chi connectivity index (χ2n) is 3.83. The highest BCUT2D eigenvalue weighted by molar-refractivity contribution is 7.80. The van der Waals surface area contributed by atoms with Crippen LogP contribution in [0.4, 0.5) is 26.3 Å². The molecule has 11 heteroatoms. The van der Waals surface area contributed by atoms with Gasteiger partial charge in [-0.2, -0.15) is 31.4 Å². The van der Waals surface area contributed by atoms with Gasteiger partial charge in [0.1, 0.15) is 4.99 Å². The third-order valence-corrected chi connectivity index (χ3v) is 2.44. The zero-order chi connectivity index (χ0) is 15.9. The fourth-order valence-electron chi connectivity index (χ4n) is 1.49. The molecule has 0 fully saturated rings. The second kappa shape index (κ2) is 5.11. The van der Waals surface area contributed by atoms with Crippen molar-refractivity contribution in [1.29, 1.82) is 0 Å². The number of nitrogens with zero attached hydrogens (tertiary/aromatic N) is 2. The van der Waals surface area contributed by atoms with Crippen molar-refractivity contribution < 1.29 is 31.1 Å². The Bertz CT molecular complexity index is 507. The molecule has 0 spiro atoms. The molecule has 0 saturated heterocycles. The summed E-state index contributed by atoms with van der Waals surface area (Å²) in [6.45, 7) is 1.33. The lowest BCUT2D eigenvalue weighted by molar-refractivity contribution is -0.300. The number of hydrogen-bond acceptors (Lipinski definition) is 3. The number of thiocarbonyl (C=S) groups is 1. The van der Waals surface area contributed by atoms with E-state index in [0.717, 1.165) is 7.05 Å². The van der Waals surface area contributed by atoms with E-state index >= 15 is 0 Å². The fourth-order valence-corrected chi connectivity index (χ4v) is 1.72. The van der Waals surface area contributed by atoms with E-state index in [1.165, 1.54) is 6.92 Å². The van der Waals surface area contributed by atoms with Crippen LogP contribution in [0.25, 0.3) is 0 Å². The number of ether oxygens (including phenoxy) is 1. The van der Waals surface area contributed by atoms with E-state index in [1.807, 2.05) is 0 Å². The van der Waals surface area contributed by atoms with Gasteiger partial charge in [-0.3, -0.25) is 0 Å². The Hall–Kier alpha value is -1.52. The van der Waals surface area contributed by atoms with E-state index in [1.54, 1.807) is 0 Å². The first-order chi connectivity index (χ1) is 8.85. The minimum atomic E-state index is -5.64. The summed E-state index contributed by atoms with van der Waals surface area (Å²) in [5.74, 6) is -0.783. The maximum Gasteiger partial charge on any atom is 0.434 e. The molecule has 0 unspecified atom stereocenters. The zero-order valence-electron chi connectivity index (χ0n) is 10.1. The lowest BCUT2D eigenvalue weighted by atomic mass is 10.2. The summed E-state index contributed by atoms with van der Waals surface area (Å²) >= 11 is 4.57. The van der Waals surface area contributed by atoms with Crippen molar-refractivity contribution >= 4 is 17.2 Å². The summed E-state index contributed by atoms with van der Waals surface area (Å²) in [7, 11) is 1.12. The van der Waals surface area contributed by atoms with Gasteiger partial charge < -0.3 is 10.5 Å². The van der Waals surface area contributed by atoms with E-state index < -0.39 is 29.3 Å². The molecule has 0 amide bonds. The average molecular weight is 321 g/mol. The number of aryl methyl sites for hydroxylation is 2. The lowest BCUT2D eigenvalue weighted by Gasteiger charge is -2.24. The van der Waals surface area contributed by atoms with Crippen molar-refractivity contribution in [3.63, 3.8) is 0 Å². The predicted molar refractivity (Wildman–Crippen MR) is 60.4 cm³/mol. The topological polar surface area (TPSA) is 53.1 Å². The molecule has 4 nitrogen and oxygen atoms in total. The van der Waals surface area contributed by atoms with Gasteiger partial charge >= 0.3 is 12.4 Å². The Balaban J connectivity index is 3.29. The lowest BCUT2D eigenvalue weighted by Crippen LogP contribution is -2.47.